The molecule has 1 heterocycles. The third-order valence-electron chi connectivity index (χ3n) is 5.41. The third kappa shape index (κ3) is 9.36. The fraction of sp³-hybridized carbons (Fsp3) is 0.179. The highest BCUT2D eigenvalue weighted by Gasteiger charge is 2.32. The summed E-state index contributed by atoms with van der Waals surface area (Å²) in [6.45, 7) is 0.608. The molecule has 0 atom stereocenters. The van der Waals surface area contributed by atoms with Crippen LogP contribution in [0.2, 0.25) is 0 Å². The second kappa shape index (κ2) is 13.5. The molecule has 0 saturated carbocycles. The summed E-state index contributed by atoms with van der Waals surface area (Å²) >= 11 is 1.25. The van der Waals surface area contributed by atoms with E-state index in [9.17, 15) is 26.7 Å². The number of amidine groups is 2. The largest absolute Gasteiger partial charge is 0.573 e. The standard InChI is InChI=1S/C28H23F5N6O3S/c1-27(29,30)42-23-5-3-2-4-22(23)39-24(40)14-15-43-26(39)38-37-16-18-6-8-19(9-7-18)25(34)36-17-35-20-10-12-21(13-11-20)41-28(31,32)33/h2-13,16-17H,14-15H2,1H3,(H2,34,35,36)/b37-16+,38-26-. The predicted octanol–water partition coefficient (Wildman–Crippen LogP) is 6.50. The summed E-state index contributed by atoms with van der Waals surface area (Å²) in [4.78, 5) is 22.0. The quantitative estimate of drug-likeness (QED) is 0.127. The van der Waals surface area contributed by atoms with Crippen molar-refractivity contribution in [3.63, 3.8) is 0 Å². The fourth-order valence-electron chi connectivity index (χ4n) is 3.60. The lowest BCUT2D eigenvalue weighted by Gasteiger charge is -2.29. The molecule has 0 radical (unpaired) electrons. The van der Waals surface area contributed by atoms with Crippen molar-refractivity contribution >= 4 is 52.6 Å². The van der Waals surface area contributed by atoms with Crippen LogP contribution in [0.15, 0.2) is 93.0 Å². The Bertz CT molecular complexity index is 1550. The normalized spacial score (nSPS) is 16.0. The highest BCUT2D eigenvalue weighted by Crippen LogP contribution is 2.36. The van der Waals surface area contributed by atoms with E-state index in [0.29, 0.717) is 29.5 Å². The molecule has 1 fully saturated rings. The smallest absolute Gasteiger partial charge is 0.431 e. The number of nitrogens with two attached hydrogens (primary N) is 1. The van der Waals surface area contributed by atoms with Crippen LogP contribution >= 0.6 is 11.8 Å². The highest BCUT2D eigenvalue weighted by atomic mass is 32.2. The molecule has 4 rings (SSSR count). The Morgan fingerprint density at radius 1 is 0.977 bits per heavy atom. The van der Waals surface area contributed by atoms with Crippen LogP contribution in [0.1, 0.15) is 24.5 Å². The molecule has 0 spiro atoms. The Morgan fingerprint density at radius 3 is 2.35 bits per heavy atom. The van der Waals surface area contributed by atoms with Gasteiger partial charge in [0, 0.05) is 24.7 Å². The van der Waals surface area contributed by atoms with E-state index in [1.54, 1.807) is 30.3 Å². The van der Waals surface area contributed by atoms with E-state index < -0.39 is 12.5 Å². The number of ether oxygens (including phenoxy) is 2. The van der Waals surface area contributed by atoms with Crippen LogP contribution in [0.3, 0.4) is 0 Å². The van der Waals surface area contributed by atoms with E-state index >= 15 is 0 Å². The number of para-hydroxylation sites is 2. The summed E-state index contributed by atoms with van der Waals surface area (Å²) < 4.78 is 72.5. The third-order valence-corrected chi connectivity index (χ3v) is 6.34. The molecule has 224 valence electrons. The van der Waals surface area contributed by atoms with Crippen LogP contribution in [0.4, 0.5) is 33.3 Å². The number of anilines is 1. The molecule has 1 aliphatic heterocycles. The lowest BCUT2D eigenvalue weighted by Crippen LogP contribution is -2.39. The lowest BCUT2D eigenvalue weighted by molar-refractivity contribution is -0.274. The molecule has 0 aromatic heterocycles. The monoisotopic (exact) mass is 618 g/mol. The van der Waals surface area contributed by atoms with Gasteiger partial charge in [0.15, 0.2) is 10.9 Å². The van der Waals surface area contributed by atoms with Crippen molar-refractivity contribution in [2.45, 2.75) is 25.8 Å². The number of hydrogen-bond acceptors (Lipinski definition) is 7. The number of carbonyl (C=O) groups excluding carboxylic acids is 1. The van der Waals surface area contributed by atoms with Gasteiger partial charge in [-0.2, -0.15) is 13.9 Å². The van der Waals surface area contributed by atoms with E-state index in [2.05, 4.69) is 24.9 Å². The molecule has 0 aliphatic carbocycles. The summed E-state index contributed by atoms with van der Waals surface area (Å²) in [6, 6.07) is 17.6. The molecule has 2 N–H and O–H groups in total. The zero-order valence-electron chi connectivity index (χ0n) is 22.3. The second-order valence-electron chi connectivity index (χ2n) is 8.75. The highest BCUT2D eigenvalue weighted by molar-refractivity contribution is 8.14. The van der Waals surface area contributed by atoms with Gasteiger partial charge < -0.3 is 15.2 Å². The van der Waals surface area contributed by atoms with Crippen molar-refractivity contribution in [1.82, 2.24) is 0 Å². The van der Waals surface area contributed by atoms with Gasteiger partial charge in [-0.1, -0.05) is 48.2 Å². The van der Waals surface area contributed by atoms with Crippen molar-refractivity contribution < 1.29 is 36.2 Å². The average molecular weight is 619 g/mol. The predicted molar refractivity (Wildman–Crippen MR) is 156 cm³/mol. The van der Waals surface area contributed by atoms with Gasteiger partial charge in [0.05, 0.1) is 17.6 Å². The van der Waals surface area contributed by atoms with Gasteiger partial charge >= 0.3 is 12.5 Å². The molecule has 43 heavy (non-hydrogen) atoms. The molecule has 0 bridgehead atoms. The number of benzene rings is 3. The Balaban J connectivity index is 1.42. The first kappa shape index (κ1) is 31.2. The molecule has 1 saturated heterocycles. The summed E-state index contributed by atoms with van der Waals surface area (Å²) in [6.07, 6.45) is -5.44. The van der Waals surface area contributed by atoms with Crippen molar-refractivity contribution in [3.8, 4) is 11.5 Å². The first-order valence-corrected chi connectivity index (χ1v) is 13.4. The molecule has 9 nitrogen and oxygen atoms in total. The van der Waals surface area contributed by atoms with E-state index in [-0.39, 0.29) is 40.5 Å². The number of nitrogens with zero attached hydrogens (tertiary/aromatic N) is 5. The van der Waals surface area contributed by atoms with Crippen molar-refractivity contribution in [2.24, 2.45) is 25.9 Å². The summed E-state index contributed by atoms with van der Waals surface area (Å²) in [5.41, 5.74) is 7.67. The van der Waals surface area contributed by atoms with E-state index in [0.717, 1.165) is 12.1 Å². The number of carbonyl (C=O) groups is 1. The minimum Gasteiger partial charge on any atom is -0.431 e. The van der Waals surface area contributed by atoms with E-state index in [4.69, 9.17) is 10.5 Å². The number of thioether (sulfide) groups is 1. The van der Waals surface area contributed by atoms with Crippen LogP contribution in [0, 0.1) is 0 Å². The maximum atomic E-state index is 13.6. The Labute approximate surface area is 246 Å². The summed E-state index contributed by atoms with van der Waals surface area (Å²) in [5, 5.41) is 8.43. The second-order valence-corrected chi connectivity index (χ2v) is 9.82. The molecule has 1 aliphatic rings. The summed E-state index contributed by atoms with van der Waals surface area (Å²) in [5.74, 6) is -0.289. The van der Waals surface area contributed by atoms with Crippen LogP contribution < -0.4 is 20.1 Å². The number of hydrogen-bond donors (Lipinski definition) is 1. The maximum absolute atomic E-state index is 13.6. The van der Waals surface area contributed by atoms with Gasteiger partial charge in [0.2, 0.25) is 5.91 Å². The first-order valence-electron chi connectivity index (χ1n) is 12.4. The van der Waals surface area contributed by atoms with Gasteiger partial charge in [-0.25, -0.2) is 9.98 Å². The Morgan fingerprint density at radius 2 is 1.67 bits per heavy atom. The van der Waals surface area contributed by atoms with E-state index in [1.165, 1.54) is 59.5 Å². The SMILES string of the molecule is CC(F)(F)Oc1ccccc1N1C(=O)CCS/C1=N\N=C\c1ccc(C(N)=NC=Nc2ccc(OC(F)(F)F)cc2)cc1. The number of alkyl halides is 5. The molecule has 3 aromatic rings. The Hall–Kier alpha value is -4.79. The molecule has 3 aromatic carbocycles. The number of halogens is 5. The lowest BCUT2D eigenvalue weighted by atomic mass is 10.1. The maximum Gasteiger partial charge on any atom is 0.573 e. The first-order chi connectivity index (χ1) is 20.4. The minimum atomic E-state index is -4.78. The van der Waals surface area contributed by atoms with Gasteiger partial charge in [-0.15, -0.1) is 18.3 Å². The topological polar surface area (TPSA) is 114 Å². The van der Waals surface area contributed by atoms with Gasteiger partial charge in [0.25, 0.3) is 0 Å². The van der Waals surface area contributed by atoms with Crippen LogP contribution in [-0.2, 0) is 4.79 Å². The van der Waals surface area contributed by atoms with Crippen LogP contribution in [0.5, 0.6) is 11.5 Å². The van der Waals surface area contributed by atoms with Gasteiger partial charge in [-0.05, 0) is 42.0 Å². The van der Waals surface area contributed by atoms with Crippen molar-refractivity contribution in [1.29, 1.82) is 0 Å². The van der Waals surface area contributed by atoms with Crippen LogP contribution in [-0.4, -0.2) is 47.7 Å². The fourth-order valence-corrected chi connectivity index (χ4v) is 4.49. The van der Waals surface area contributed by atoms with Crippen molar-refractivity contribution in [2.75, 3.05) is 10.7 Å². The molecule has 0 unspecified atom stereocenters. The summed E-state index contributed by atoms with van der Waals surface area (Å²) in [7, 11) is 0. The molecular weight excluding hydrogens is 595 g/mol. The minimum absolute atomic E-state index is 0.130. The van der Waals surface area contributed by atoms with Gasteiger partial charge in [0.1, 0.15) is 17.9 Å². The molecule has 1 amide bonds. The zero-order valence-corrected chi connectivity index (χ0v) is 23.1. The van der Waals surface area contributed by atoms with Crippen LogP contribution in [0.25, 0.3) is 0 Å². The Kier molecular flexibility index (Phi) is 9.75. The number of rotatable bonds is 9. The molecule has 15 heteroatoms. The number of aliphatic imine (C=N–C) groups is 2. The van der Waals surface area contributed by atoms with Crippen molar-refractivity contribution in [3.05, 3.63) is 83.9 Å². The average Bonchev–Trinajstić information content (AvgIpc) is 2.93. The zero-order chi connectivity index (χ0) is 31.0. The van der Waals surface area contributed by atoms with Gasteiger partial charge in [-0.3, -0.25) is 9.69 Å². The van der Waals surface area contributed by atoms with E-state index in [1.807, 2.05) is 0 Å². The number of amides is 1. The molecular formula is C28H23F5N6O3S.